The van der Waals surface area contributed by atoms with Gasteiger partial charge in [-0.1, -0.05) is 0 Å². The molecule has 0 atom stereocenters. The van der Waals surface area contributed by atoms with Crippen molar-refractivity contribution < 1.29 is 9.53 Å². The van der Waals surface area contributed by atoms with Crippen LogP contribution in [0.2, 0.25) is 0 Å². The van der Waals surface area contributed by atoms with Gasteiger partial charge in [-0.05, 0) is 6.07 Å². The molecule has 1 aliphatic rings. The van der Waals surface area contributed by atoms with Crippen LogP contribution in [-0.2, 0) is 4.74 Å². The molecule has 1 saturated heterocycles. The number of carbonyl (C=O) groups is 1. The van der Waals surface area contributed by atoms with E-state index in [-0.39, 0.29) is 0 Å². The molecule has 0 bridgehead atoms. The summed E-state index contributed by atoms with van der Waals surface area (Å²) in [7, 11) is 0. The average Bonchev–Trinajstić information content (AvgIpc) is 2.82. The lowest BCUT2D eigenvalue weighted by molar-refractivity contribution is 0.0995. The minimum Gasteiger partial charge on any atom is -0.378 e. The van der Waals surface area contributed by atoms with E-state index in [0.29, 0.717) is 5.69 Å². The summed E-state index contributed by atoms with van der Waals surface area (Å²) in [6.07, 6.45) is 3.33. The fraction of sp³-hybridized carbons (Fsp3) is 0.333. The molecule has 2 aromatic rings. The highest BCUT2D eigenvalue weighted by molar-refractivity contribution is 5.91. The second-order valence-corrected chi connectivity index (χ2v) is 4.22. The van der Waals surface area contributed by atoms with Crippen LogP contribution in [0.25, 0.3) is 5.65 Å². The molecule has 94 valence electrons. The lowest BCUT2D eigenvalue weighted by Crippen LogP contribution is -2.36. The first kappa shape index (κ1) is 11.0. The Bertz CT molecular complexity index is 587. The molecule has 1 fully saturated rings. The second kappa shape index (κ2) is 4.30. The van der Waals surface area contributed by atoms with Gasteiger partial charge in [-0.25, -0.2) is 4.98 Å². The van der Waals surface area contributed by atoms with Crippen LogP contribution in [0.5, 0.6) is 0 Å². The molecule has 6 nitrogen and oxygen atoms in total. The third-order valence-electron chi connectivity index (χ3n) is 3.13. The molecule has 0 spiro atoms. The molecule has 3 rings (SSSR count). The minimum atomic E-state index is -0.471. The molecule has 0 saturated carbocycles. The van der Waals surface area contributed by atoms with Gasteiger partial charge in [-0.3, -0.25) is 9.20 Å². The molecule has 6 heteroatoms. The van der Waals surface area contributed by atoms with Crippen LogP contribution >= 0.6 is 0 Å². The summed E-state index contributed by atoms with van der Waals surface area (Å²) in [5.74, 6) is -0.471. The Kier molecular flexibility index (Phi) is 2.64. The van der Waals surface area contributed by atoms with E-state index in [1.165, 1.54) is 6.20 Å². The van der Waals surface area contributed by atoms with Crippen LogP contribution in [-0.4, -0.2) is 41.6 Å². The van der Waals surface area contributed by atoms with Crippen molar-refractivity contribution in [3.63, 3.8) is 0 Å². The number of anilines is 1. The Morgan fingerprint density at radius 2 is 2.17 bits per heavy atom. The van der Waals surface area contributed by atoms with Crippen molar-refractivity contribution in [1.29, 1.82) is 0 Å². The molecule has 1 amide bonds. The highest BCUT2D eigenvalue weighted by Crippen LogP contribution is 2.18. The quantitative estimate of drug-likeness (QED) is 0.825. The van der Waals surface area contributed by atoms with E-state index in [2.05, 4.69) is 9.88 Å². The number of rotatable bonds is 2. The first-order chi connectivity index (χ1) is 8.75. The number of imidazole rings is 1. The van der Waals surface area contributed by atoms with Gasteiger partial charge in [0.15, 0.2) is 0 Å². The number of ether oxygens (including phenoxy) is 1. The smallest absolute Gasteiger partial charge is 0.267 e. The lowest BCUT2D eigenvalue weighted by atomic mass is 10.3. The van der Waals surface area contributed by atoms with E-state index < -0.39 is 5.91 Å². The van der Waals surface area contributed by atoms with Gasteiger partial charge in [0.05, 0.1) is 19.4 Å². The predicted octanol–water partition coefficient (Wildman–Crippen LogP) is 0.270. The van der Waals surface area contributed by atoms with E-state index in [9.17, 15) is 4.79 Å². The predicted molar refractivity (Wildman–Crippen MR) is 66.7 cm³/mol. The molecular weight excluding hydrogens is 232 g/mol. The Balaban J connectivity index is 1.98. The van der Waals surface area contributed by atoms with Crippen LogP contribution in [0.4, 0.5) is 5.69 Å². The van der Waals surface area contributed by atoms with Crippen molar-refractivity contribution in [1.82, 2.24) is 9.38 Å². The van der Waals surface area contributed by atoms with Gasteiger partial charge in [0, 0.05) is 31.0 Å². The average molecular weight is 246 g/mol. The topological polar surface area (TPSA) is 72.9 Å². The first-order valence-corrected chi connectivity index (χ1v) is 5.85. The molecule has 0 radical (unpaired) electrons. The maximum Gasteiger partial charge on any atom is 0.267 e. The zero-order valence-corrected chi connectivity index (χ0v) is 9.87. The number of primary amides is 1. The van der Waals surface area contributed by atoms with Crippen molar-refractivity contribution >= 4 is 17.2 Å². The van der Waals surface area contributed by atoms with Gasteiger partial charge in [-0.2, -0.15) is 0 Å². The third kappa shape index (κ3) is 1.80. The Labute approximate surface area is 104 Å². The monoisotopic (exact) mass is 246 g/mol. The highest BCUT2D eigenvalue weighted by Gasteiger charge is 2.13. The lowest BCUT2D eigenvalue weighted by Gasteiger charge is -2.28. The molecule has 3 heterocycles. The number of carbonyl (C=O) groups excluding carboxylic acids is 1. The number of hydrogen-bond acceptors (Lipinski definition) is 4. The van der Waals surface area contributed by atoms with Crippen molar-refractivity contribution in [2.45, 2.75) is 0 Å². The molecule has 0 unspecified atom stereocenters. The number of amides is 1. The molecule has 0 aliphatic carbocycles. The standard InChI is InChI=1S/C12H14N4O2/c13-12(17)10-8-14-11-7-9(1-2-16(10)11)15-3-5-18-6-4-15/h1-2,7-8H,3-6H2,(H2,13,17). The van der Waals surface area contributed by atoms with Crippen LogP contribution in [0, 0.1) is 0 Å². The molecule has 1 aliphatic heterocycles. The molecule has 2 aromatic heterocycles. The number of morpholine rings is 1. The van der Waals surface area contributed by atoms with E-state index in [1.54, 1.807) is 4.40 Å². The van der Waals surface area contributed by atoms with Crippen LogP contribution < -0.4 is 10.6 Å². The largest absolute Gasteiger partial charge is 0.378 e. The van der Waals surface area contributed by atoms with Gasteiger partial charge in [0.25, 0.3) is 5.91 Å². The fourth-order valence-corrected chi connectivity index (χ4v) is 2.17. The van der Waals surface area contributed by atoms with Crippen LogP contribution in [0.1, 0.15) is 10.5 Å². The summed E-state index contributed by atoms with van der Waals surface area (Å²) in [6.45, 7) is 3.23. The SMILES string of the molecule is NC(=O)c1cnc2cc(N3CCOCC3)ccn12. The molecule has 0 aromatic carbocycles. The normalized spacial score (nSPS) is 16.1. The Morgan fingerprint density at radius 3 is 2.89 bits per heavy atom. The molecule has 18 heavy (non-hydrogen) atoms. The van der Waals surface area contributed by atoms with Gasteiger partial charge < -0.3 is 15.4 Å². The highest BCUT2D eigenvalue weighted by atomic mass is 16.5. The van der Waals surface area contributed by atoms with E-state index >= 15 is 0 Å². The second-order valence-electron chi connectivity index (χ2n) is 4.22. The molecular formula is C12H14N4O2. The number of hydrogen-bond donors (Lipinski definition) is 1. The van der Waals surface area contributed by atoms with Crippen LogP contribution in [0.3, 0.4) is 0 Å². The number of nitrogens with two attached hydrogens (primary N) is 1. The van der Waals surface area contributed by atoms with E-state index in [0.717, 1.165) is 37.6 Å². The van der Waals surface area contributed by atoms with Crippen molar-refractivity contribution in [2.24, 2.45) is 5.73 Å². The van der Waals surface area contributed by atoms with E-state index in [1.807, 2.05) is 18.3 Å². The summed E-state index contributed by atoms with van der Waals surface area (Å²) >= 11 is 0. The number of fused-ring (bicyclic) bond motifs is 1. The Morgan fingerprint density at radius 1 is 1.39 bits per heavy atom. The van der Waals surface area contributed by atoms with Crippen molar-refractivity contribution in [3.05, 3.63) is 30.2 Å². The summed E-state index contributed by atoms with van der Waals surface area (Å²) in [5, 5.41) is 0. The fourth-order valence-electron chi connectivity index (χ4n) is 2.17. The zero-order valence-electron chi connectivity index (χ0n) is 9.87. The van der Waals surface area contributed by atoms with Crippen molar-refractivity contribution in [3.8, 4) is 0 Å². The van der Waals surface area contributed by atoms with Crippen molar-refractivity contribution in [2.75, 3.05) is 31.2 Å². The maximum atomic E-state index is 11.2. The molecule has 2 N–H and O–H groups in total. The maximum absolute atomic E-state index is 11.2. The van der Waals surface area contributed by atoms with Gasteiger partial charge in [0.2, 0.25) is 0 Å². The van der Waals surface area contributed by atoms with E-state index in [4.69, 9.17) is 10.5 Å². The summed E-state index contributed by atoms with van der Waals surface area (Å²) in [5.41, 5.74) is 7.50. The summed E-state index contributed by atoms with van der Waals surface area (Å²) in [4.78, 5) is 17.6. The van der Waals surface area contributed by atoms with Gasteiger partial charge in [0.1, 0.15) is 11.3 Å². The summed E-state index contributed by atoms with van der Waals surface area (Å²) < 4.78 is 7.02. The number of nitrogens with zero attached hydrogens (tertiary/aromatic N) is 3. The third-order valence-corrected chi connectivity index (χ3v) is 3.13. The summed E-state index contributed by atoms with van der Waals surface area (Å²) in [6, 6.07) is 3.92. The van der Waals surface area contributed by atoms with Crippen LogP contribution in [0.15, 0.2) is 24.5 Å². The zero-order chi connectivity index (χ0) is 12.5. The first-order valence-electron chi connectivity index (χ1n) is 5.85. The van der Waals surface area contributed by atoms with Gasteiger partial charge >= 0.3 is 0 Å². The van der Waals surface area contributed by atoms with Gasteiger partial charge in [-0.15, -0.1) is 0 Å². The number of pyridine rings is 1. The Hall–Kier alpha value is -2.08. The minimum absolute atomic E-state index is 0.401. The number of aromatic nitrogens is 2.